The van der Waals surface area contributed by atoms with Crippen LogP contribution in [-0.2, 0) is 28.5 Å². The van der Waals surface area contributed by atoms with Crippen LogP contribution in [0.5, 0.6) is 0 Å². The normalized spacial score (nSPS) is 16.7. The molecule has 0 unspecified atom stereocenters. The van der Waals surface area contributed by atoms with E-state index in [1.54, 1.807) is 9.80 Å². The van der Waals surface area contributed by atoms with E-state index in [4.69, 9.17) is 120 Å². The predicted octanol–water partition coefficient (Wildman–Crippen LogP) is 11.1. The van der Waals surface area contributed by atoms with Gasteiger partial charge in [-0.15, -0.1) is 0 Å². The summed E-state index contributed by atoms with van der Waals surface area (Å²) in [5, 5.41) is 15.4. The second-order valence-corrected chi connectivity index (χ2v) is 29.3. The average Bonchev–Trinajstić information content (AvgIpc) is 3.61. The van der Waals surface area contributed by atoms with Crippen LogP contribution in [0.3, 0.4) is 0 Å². The van der Waals surface area contributed by atoms with E-state index in [0.29, 0.717) is 82.6 Å². The number of halogens is 10. The lowest BCUT2D eigenvalue weighted by atomic mass is 10.1. The molecule has 84 heavy (non-hydrogen) atoms. The summed E-state index contributed by atoms with van der Waals surface area (Å²) in [4.78, 5) is 57.7. The molecule has 36 heteroatoms. The first-order valence-corrected chi connectivity index (χ1v) is 33.9. The molecule has 8 rings (SSSR count). The molecule has 0 bridgehead atoms. The van der Waals surface area contributed by atoms with Crippen LogP contribution in [0.4, 0.5) is 27.0 Å². The maximum Gasteiger partial charge on any atom is 0.410 e. The lowest BCUT2D eigenvalue weighted by Gasteiger charge is -2.34. The summed E-state index contributed by atoms with van der Waals surface area (Å²) in [6.07, 6.45) is 14.3. The molecule has 4 aromatic heterocycles. The molecule has 0 radical (unpaired) electrons. The highest BCUT2D eigenvalue weighted by Crippen LogP contribution is 2.27. The molecule has 4 fully saturated rings. The standard InChI is InChI=1S/C14H20Cl2N4O2.C10H14Cl2N4O2S.C10H20N2O2.C9H12Cl2N4.C4HCl3N2.CH3ClO2S/c1-14(2,3)22-13(21)20-6-4-9(5-7-20)18-11-10(15)8-17-12(16)19-11;1-19(17,18)16-4-2-7(3-5-16)14-9-8(11)6-13-10(12)15-9;1-10(2,3)14-9(13)12-6-4-8(11)5-7-12;10-7-5-13-9(11)15-8(7)14-6-1-3-12-4-2-6;5-2-1-8-4(7)9-3(2)6;1-5(2,3)4/h8-9H,4-7H2,1-3H3,(H,17,18,19);6-7H,2-5H2,1H3,(H,13,14,15);8H,4-7,11H2,1-3H3;5-6,12H,1-4H2,(H,13,14,15);1H;1H3. The first kappa shape index (κ1) is 75.2. The second-order valence-electron chi connectivity index (χ2n) is 20.9. The fraction of sp³-hybridized carbons (Fsp3) is 0.625. The lowest BCUT2D eigenvalue weighted by Crippen LogP contribution is -2.44. The number of anilines is 3. The summed E-state index contributed by atoms with van der Waals surface area (Å²) in [5.41, 5.74) is 4.86. The topological polar surface area (TPSA) is 308 Å². The molecule has 0 atom stereocenters. The number of carbonyl (C=O) groups excluding carboxylic acids is 2. The van der Waals surface area contributed by atoms with Crippen molar-refractivity contribution < 1.29 is 35.9 Å². The van der Waals surface area contributed by atoms with Crippen LogP contribution in [0.1, 0.15) is 92.9 Å². The van der Waals surface area contributed by atoms with Crippen molar-refractivity contribution in [2.75, 3.05) is 80.8 Å². The van der Waals surface area contributed by atoms with E-state index in [1.807, 2.05) is 41.5 Å². The summed E-state index contributed by atoms with van der Waals surface area (Å²) in [6.45, 7) is 16.9. The molecule has 4 aliphatic heterocycles. The van der Waals surface area contributed by atoms with E-state index in [1.165, 1.54) is 35.3 Å². The number of hydrogen-bond acceptors (Lipinski definition) is 21. The first-order valence-electron chi connectivity index (χ1n) is 25.9. The predicted molar refractivity (Wildman–Crippen MR) is 336 cm³/mol. The van der Waals surface area contributed by atoms with E-state index in [-0.39, 0.29) is 56.6 Å². The third kappa shape index (κ3) is 31.7. The van der Waals surface area contributed by atoms with Gasteiger partial charge in [-0.3, -0.25) is 0 Å². The smallest absolute Gasteiger partial charge is 0.410 e. The zero-order valence-electron chi connectivity index (χ0n) is 47.3. The van der Waals surface area contributed by atoms with Gasteiger partial charge in [-0.1, -0.05) is 58.0 Å². The monoisotopic (exact) mass is 1410 g/mol. The van der Waals surface area contributed by atoms with Crippen molar-refractivity contribution in [3.8, 4) is 0 Å². The largest absolute Gasteiger partial charge is 0.444 e. The van der Waals surface area contributed by atoms with Crippen LogP contribution in [-0.4, -0.2) is 183 Å². The third-order valence-electron chi connectivity index (χ3n) is 11.4. The van der Waals surface area contributed by atoms with E-state index in [9.17, 15) is 26.4 Å². The second kappa shape index (κ2) is 35.8. The molecule has 0 saturated carbocycles. The number of sulfonamides is 1. The minimum atomic E-state index is -3.19. The Hall–Kier alpha value is -3.06. The maximum atomic E-state index is 12.0. The Balaban J connectivity index is 0.000000275. The van der Waals surface area contributed by atoms with Gasteiger partial charge in [-0.2, -0.15) is 15.0 Å². The summed E-state index contributed by atoms with van der Waals surface area (Å²) in [7, 11) is -1.80. The maximum absolute atomic E-state index is 12.0. The fourth-order valence-electron chi connectivity index (χ4n) is 7.49. The Morgan fingerprint density at radius 3 is 1.13 bits per heavy atom. The van der Waals surface area contributed by atoms with Crippen molar-refractivity contribution in [3.63, 3.8) is 0 Å². The summed E-state index contributed by atoms with van der Waals surface area (Å²) < 4.78 is 53.7. The number of piperidine rings is 4. The van der Waals surface area contributed by atoms with Crippen molar-refractivity contribution in [1.82, 2.24) is 59.3 Å². The average molecular weight is 1420 g/mol. The molecule has 4 aliphatic rings. The van der Waals surface area contributed by atoms with E-state index >= 15 is 0 Å². The molecule has 0 aliphatic carbocycles. The van der Waals surface area contributed by atoms with Gasteiger partial charge in [0.1, 0.15) is 43.7 Å². The van der Waals surface area contributed by atoms with E-state index < -0.39 is 30.3 Å². The van der Waals surface area contributed by atoms with Gasteiger partial charge in [0.2, 0.25) is 40.2 Å². The highest BCUT2D eigenvalue weighted by Gasteiger charge is 2.29. The highest BCUT2D eigenvalue weighted by molar-refractivity contribution is 8.13. The Bertz CT molecular complexity index is 2940. The molecule has 24 nitrogen and oxygen atoms in total. The van der Waals surface area contributed by atoms with Gasteiger partial charge in [0.15, 0.2) is 5.15 Å². The Morgan fingerprint density at radius 1 is 0.524 bits per heavy atom. The number of rotatable bonds is 7. The Labute approximate surface area is 540 Å². The minimum Gasteiger partial charge on any atom is -0.444 e. The zero-order valence-corrected chi connectivity index (χ0v) is 56.5. The number of ether oxygens (including phenoxy) is 2. The van der Waals surface area contributed by atoms with Crippen LogP contribution in [0, 0.1) is 0 Å². The molecular weight excluding hydrogens is 1350 g/mol. The molecule has 4 aromatic rings. The van der Waals surface area contributed by atoms with Gasteiger partial charge >= 0.3 is 12.2 Å². The van der Waals surface area contributed by atoms with Crippen LogP contribution < -0.4 is 27.0 Å². The van der Waals surface area contributed by atoms with E-state index in [2.05, 4.69) is 71.8 Å². The fourth-order valence-corrected chi connectivity index (χ4v) is 9.59. The molecule has 6 N–H and O–H groups in total. The Kier molecular flexibility index (Phi) is 32.1. The van der Waals surface area contributed by atoms with Crippen LogP contribution in [0.25, 0.3) is 0 Å². The molecule has 2 amide bonds. The summed E-state index contributed by atoms with van der Waals surface area (Å²) >= 11 is 51.4. The minimum absolute atomic E-state index is 0.101. The summed E-state index contributed by atoms with van der Waals surface area (Å²) in [5.74, 6) is 1.64. The van der Waals surface area contributed by atoms with Crippen LogP contribution in [0.2, 0.25) is 46.4 Å². The first-order chi connectivity index (χ1) is 38.9. The van der Waals surface area contributed by atoms with Crippen molar-refractivity contribution in [1.29, 1.82) is 0 Å². The highest BCUT2D eigenvalue weighted by atomic mass is 35.7. The van der Waals surface area contributed by atoms with Gasteiger partial charge < -0.3 is 46.3 Å². The molecule has 0 aromatic carbocycles. The van der Waals surface area contributed by atoms with Gasteiger partial charge in [-0.25, -0.2) is 55.6 Å². The van der Waals surface area contributed by atoms with Gasteiger partial charge in [0.05, 0.1) is 42.3 Å². The van der Waals surface area contributed by atoms with Crippen LogP contribution in [0.15, 0.2) is 24.8 Å². The molecule has 4 saturated heterocycles. The number of hydrogen-bond donors (Lipinski definition) is 5. The number of nitrogens with one attached hydrogen (secondary N) is 4. The van der Waals surface area contributed by atoms with Gasteiger partial charge in [-0.05, 0) is 152 Å². The molecule has 472 valence electrons. The number of nitrogens with zero attached hydrogens (tertiary/aromatic N) is 11. The number of nitrogens with two attached hydrogens (primary N) is 1. The molecule has 0 spiro atoms. The number of likely N-dealkylation sites (tertiary alicyclic amines) is 2. The Morgan fingerprint density at radius 2 is 0.821 bits per heavy atom. The van der Waals surface area contributed by atoms with Crippen molar-refractivity contribution in [2.45, 2.75) is 128 Å². The van der Waals surface area contributed by atoms with Gasteiger partial charge in [0, 0.05) is 74.1 Å². The number of carbonyl (C=O) groups is 2. The number of aromatic nitrogens is 8. The zero-order chi connectivity index (χ0) is 63.2. The quantitative estimate of drug-likeness (QED) is 0.0652. The molecule has 8 heterocycles. The van der Waals surface area contributed by atoms with Crippen molar-refractivity contribution in [2.24, 2.45) is 5.73 Å². The van der Waals surface area contributed by atoms with Gasteiger partial charge in [0.25, 0.3) is 0 Å². The van der Waals surface area contributed by atoms with E-state index in [0.717, 1.165) is 71.0 Å². The molecular formula is C48H70Cl10N16O8S2. The van der Waals surface area contributed by atoms with Crippen LogP contribution >= 0.6 is 115 Å². The number of amides is 2. The lowest BCUT2D eigenvalue weighted by molar-refractivity contribution is 0.0197. The summed E-state index contributed by atoms with van der Waals surface area (Å²) in [6, 6.07) is 0.965. The van der Waals surface area contributed by atoms with Crippen molar-refractivity contribution in [3.05, 3.63) is 71.2 Å². The third-order valence-corrected chi connectivity index (χ3v) is 15.0. The van der Waals surface area contributed by atoms with Crippen molar-refractivity contribution >= 4 is 164 Å². The SMILES string of the molecule is CC(C)(C)OC(=O)N1CCC(N)CC1.CC(C)(C)OC(=O)N1CCC(Nc2nc(Cl)ncc2Cl)CC1.CS(=O)(=O)Cl.CS(=O)(=O)N1CCC(Nc2nc(Cl)ncc2Cl)CC1.Clc1ncc(Cl)c(Cl)n1.Clc1ncc(Cl)c(NC2CCNCC2)n1.